The summed E-state index contributed by atoms with van der Waals surface area (Å²) in [4.78, 5) is 29.7. The molecular weight excluding hydrogens is 290 g/mol. The predicted molar refractivity (Wildman–Crippen MR) is 78.5 cm³/mol. The largest absolute Gasteiger partial charge is 0.479 e. The number of nitrogens with two attached hydrogens (primary N) is 1. The molecule has 0 radical (unpaired) electrons. The molecule has 2 aromatic heterocycles. The summed E-state index contributed by atoms with van der Waals surface area (Å²) in [5.41, 5.74) is 6.31. The van der Waals surface area contributed by atoms with Gasteiger partial charge in [0.2, 0.25) is 5.91 Å². The van der Waals surface area contributed by atoms with Crippen LogP contribution in [0.5, 0.6) is 0 Å². The molecule has 108 valence electrons. The van der Waals surface area contributed by atoms with Crippen LogP contribution in [0.2, 0.25) is 0 Å². The van der Waals surface area contributed by atoms with Gasteiger partial charge in [-0.25, -0.2) is 9.78 Å². The Kier molecular flexibility index (Phi) is 3.34. The number of carboxylic acid groups (broad SMARTS) is 1. The third-order valence-electron chi connectivity index (χ3n) is 3.53. The number of anilines is 1. The molecule has 0 saturated heterocycles. The molecule has 1 aliphatic heterocycles. The number of amides is 1. The van der Waals surface area contributed by atoms with Crippen molar-refractivity contribution in [2.45, 2.75) is 12.5 Å². The standard InChI is InChI=1S/C14H13N3O3S/c15-13(18)8-1-2-11(16-7-8)17-5-3-10-9(4-6-21-10)12(17)14(19)20/h1-2,4,6-7,12H,3,5H2,(H2,15,18)(H,19,20). The van der Waals surface area contributed by atoms with Crippen molar-refractivity contribution in [1.82, 2.24) is 4.98 Å². The van der Waals surface area contributed by atoms with Gasteiger partial charge in [0.25, 0.3) is 0 Å². The van der Waals surface area contributed by atoms with Crippen LogP contribution >= 0.6 is 11.3 Å². The van der Waals surface area contributed by atoms with E-state index in [1.165, 1.54) is 6.20 Å². The maximum atomic E-state index is 11.6. The second-order valence-electron chi connectivity index (χ2n) is 4.75. The molecule has 0 fully saturated rings. The molecule has 3 N–H and O–H groups in total. The first kappa shape index (κ1) is 13.6. The van der Waals surface area contributed by atoms with Crippen molar-refractivity contribution in [2.75, 3.05) is 11.4 Å². The summed E-state index contributed by atoms with van der Waals surface area (Å²) < 4.78 is 0. The highest BCUT2D eigenvalue weighted by atomic mass is 32.1. The van der Waals surface area contributed by atoms with Gasteiger partial charge in [-0.15, -0.1) is 11.3 Å². The second-order valence-corrected chi connectivity index (χ2v) is 5.75. The topological polar surface area (TPSA) is 96.5 Å². The summed E-state index contributed by atoms with van der Waals surface area (Å²) in [6.07, 6.45) is 2.16. The SMILES string of the molecule is NC(=O)c1ccc(N2CCc3sccc3C2C(=O)O)nc1. The van der Waals surface area contributed by atoms with Gasteiger partial charge in [0.05, 0.1) is 5.56 Å². The minimum Gasteiger partial charge on any atom is -0.479 e. The molecule has 1 amide bonds. The summed E-state index contributed by atoms with van der Waals surface area (Å²) in [6, 6.07) is 4.30. The highest BCUT2D eigenvalue weighted by Gasteiger charge is 2.34. The summed E-state index contributed by atoms with van der Waals surface area (Å²) >= 11 is 1.58. The van der Waals surface area contributed by atoms with Gasteiger partial charge in [-0.1, -0.05) is 0 Å². The normalized spacial score (nSPS) is 17.3. The molecule has 0 spiro atoms. The number of hydrogen-bond donors (Lipinski definition) is 2. The van der Waals surface area contributed by atoms with Crippen molar-refractivity contribution in [3.8, 4) is 0 Å². The number of primary amides is 1. The molecule has 0 aromatic carbocycles. The van der Waals surface area contributed by atoms with Crippen molar-refractivity contribution in [3.05, 3.63) is 45.8 Å². The summed E-state index contributed by atoms with van der Waals surface area (Å²) in [5, 5.41) is 11.4. The van der Waals surface area contributed by atoms with Crippen molar-refractivity contribution >= 4 is 29.0 Å². The molecule has 0 aliphatic carbocycles. The Morgan fingerprint density at radius 3 is 2.81 bits per heavy atom. The minimum atomic E-state index is -0.907. The molecule has 21 heavy (non-hydrogen) atoms. The third kappa shape index (κ3) is 2.36. The summed E-state index contributed by atoms with van der Waals surface area (Å²) in [6.45, 7) is 0.577. The van der Waals surface area contributed by atoms with Gasteiger partial charge in [0.15, 0.2) is 6.04 Å². The van der Waals surface area contributed by atoms with Crippen LogP contribution in [0.25, 0.3) is 0 Å². The molecule has 1 atom stereocenters. The number of carbonyl (C=O) groups excluding carboxylic acids is 1. The van der Waals surface area contributed by atoms with Crippen LogP contribution in [0, 0.1) is 0 Å². The van der Waals surface area contributed by atoms with Gasteiger partial charge in [0.1, 0.15) is 5.82 Å². The van der Waals surface area contributed by atoms with Gasteiger partial charge in [-0.3, -0.25) is 4.79 Å². The fourth-order valence-electron chi connectivity index (χ4n) is 2.53. The smallest absolute Gasteiger partial charge is 0.331 e. The van der Waals surface area contributed by atoms with E-state index in [0.29, 0.717) is 17.9 Å². The highest BCUT2D eigenvalue weighted by Crippen LogP contribution is 2.35. The first-order chi connectivity index (χ1) is 10.1. The average Bonchev–Trinajstić information content (AvgIpc) is 2.94. The Hall–Kier alpha value is -2.41. The molecule has 0 saturated carbocycles. The number of rotatable bonds is 3. The van der Waals surface area contributed by atoms with E-state index in [9.17, 15) is 14.7 Å². The van der Waals surface area contributed by atoms with Crippen molar-refractivity contribution < 1.29 is 14.7 Å². The lowest BCUT2D eigenvalue weighted by molar-refractivity contribution is -0.138. The first-order valence-electron chi connectivity index (χ1n) is 6.39. The number of pyridine rings is 1. The monoisotopic (exact) mass is 303 g/mol. The van der Waals surface area contributed by atoms with Crippen LogP contribution in [0.4, 0.5) is 5.82 Å². The van der Waals surface area contributed by atoms with Crippen molar-refractivity contribution in [2.24, 2.45) is 5.73 Å². The third-order valence-corrected chi connectivity index (χ3v) is 4.52. The van der Waals surface area contributed by atoms with E-state index in [0.717, 1.165) is 16.9 Å². The molecule has 6 nitrogen and oxygen atoms in total. The molecule has 1 unspecified atom stereocenters. The number of nitrogens with zero attached hydrogens (tertiary/aromatic N) is 2. The predicted octanol–water partition coefficient (Wildman–Crippen LogP) is 1.43. The fourth-order valence-corrected chi connectivity index (χ4v) is 3.44. The second kappa shape index (κ2) is 5.17. The summed E-state index contributed by atoms with van der Waals surface area (Å²) in [7, 11) is 0. The number of fused-ring (bicyclic) bond motifs is 1. The quantitative estimate of drug-likeness (QED) is 0.894. The lowest BCUT2D eigenvalue weighted by atomic mass is 10.00. The minimum absolute atomic E-state index is 0.304. The number of thiophene rings is 1. The zero-order chi connectivity index (χ0) is 15.0. The molecular formula is C14H13N3O3S. The first-order valence-corrected chi connectivity index (χ1v) is 7.27. The van der Waals surface area contributed by atoms with Crippen LogP contribution in [0.15, 0.2) is 29.8 Å². The molecule has 3 rings (SSSR count). The zero-order valence-corrected chi connectivity index (χ0v) is 11.8. The van der Waals surface area contributed by atoms with Crippen LogP contribution in [-0.2, 0) is 11.2 Å². The van der Waals surface area contributed by atoms with Crippen LogP contribution < -0.4 is 10.6 Å². The number of aromatic nitrogens is 1. The van der Waals surface area contributed by atoms with Gasteiger partial charge >= 0.3 is 5.97 Å². The zero-order valence-electron chi connectivity index (χ0n) is 11.0. The lowest BCUT2D eigenvalue weighted by Crippen LogP contribution is -2.39. The Morgan fingerprint density at radius 2 is 2.19 bits per heavy atom. The van der Waals surface area contributed by atoms with E-state index in [4.69, 9.17) is 5.73 Å². The van der Waals surface area contributed by atoms with Crippen molar-refractivity contribution in [3.63, 3.8) is 0 Å². The molecule has 2 aromatic rings. The Morgan fingerprint density at radius 1 is 1.38 bits per heavy atom. The van der Waals surface area contributed by atoms with E-state index in [2.05, 4.69) is 4.98 Å². The van der Waals surface area contributed by atoms with E-state index < -0.39 is 17.9 Å². The number of carboxylic acids is 1. The molecule has 1 aliphatic rings. The van der Waals surface area contributed by atoms with Gasteiger partial charge in [0, 0.05) is 17.6 Å². The van der Waals surface area contributed by atoms with E-state index in [1.54, 1.807) is 28.4 Å². The average molecular weight is 303 g/mol. The van der Waals surface area contributed by atoms with Crippen LogP contribution in [-0.4, -0.2) is 28.5 Å². The molecule has 3 heterocycles. The highest BCUT2D eigenvalue weighted by molar-refractivity contribution is 7.10. The number of carbonyl (C=O) groups is 2. The van der Waals surface area contributed by atoms with E-state index >= 15 is 0 Å². The van der Waals surface area contributed by atoms with Crippen molar-refractivity contribution in [1.29, 1.82) is 0 Å². The molecule has 7 heteroatoms. The lowest BCUT2D eigenvalue weighted by Gasteiger charge is -2.34. The van der Waals surface area contributed by atoms with Gasteiger partial charge < -0.3 is 15.7 Å². The summed E-state index contributed by atoms with van der Waals surface area (Å²) in [5.74, 6) is -0.929. The Bertz CT molecular complexity index is 696. The van der Waals surface area contributed by atoms with E-state index in [1.807, 2.05) is 11.4 Å². The Balaban J connectivity index is 1.98. The van der Waals surface area contributed by atoms with Gasteiger partial charge in [-0.2, -0.15) is 0 Å². The molecule has 0 bridgehead atoms. The maximum absolute atomic E-state index is 11.6. The van der Waals surface area contributed by atoms with Crippen LogP contribution in [0.1, 0.15) is 26.8 Å². The number of aliphatic carboxylic acids is 1. The fraction of sp³-hybridized carbons (Fsp3) is 0.214. The van der Waals surface area contributed by atoms with Gasteiger partial charge in [-0.05, 0) is 35.6 Å². The van der Waals surface area contributed by atoms with E-state index in [-0.39, 0.29) is 0 Å². The Labute approximate surface area is 124 Å². The number of hydrogen-bond acceptors (Lipinski definition) is 5. The van der Waals surface area contributed by atoms with Crippen LogP contribution in [0.3, 0.4) is 0 Å². The maximum Gasteiger partial charge on any atom is 0.331 e.